The average molecular weight is 382 g/mol. The van der Waals surface area contributed by atoms with E-state index in [1.54, 1.807) is 6.07 Å². The quantitative estimate of drug-likeness (QED) is 0.706. The number of aromatic nitrogens is 3. The van der Waals surface area contributed by atoms with E-state index in [0.717, 1.165) is 43.6 Å². The Hall–Kier alpha value is -2.51. The predicted molar refractivity (Wildman–Crippen MR) is 108 cm³/mol. The summed E-state index contributed by atoms with van der Waals surface area (Å²) in [5.41, 5.74) is 3.64. The first-order chi connectivity index (χ1) is 13.2. The summed E-state index contributed by atoms with van der Waals surface area (Å²) in [6, 6.07) is 10.4. The van der Waals surface area contributed by atoms with Gasteiger partial charge in [-0.1, -0.05) is 31.2 Å². The van der Waals surface area contributed by atoms with E-state index in [-0.39, 0.29) is 5.91 Å². The van der Waals surface area contributed by atoms with Gasteiger partial charge in [-0.3, -0.25) is 14.8 Å². The van der Waals surface area contributed by atoms with E-state index >= 15 is 0 Å². The molecule has 6 nitrogen and oxygen atoms in total. The van der Waals surface area contributed by atoms with Crippen molar-refractivity contribution in [2.24, 2.45) is 0 Å². The van der Waals surface area contributed by atoms with Crippen molar-refractivity contribution in [1.82, 2.24) is 20.1 Å². The van der Waals surface area contributed by atoms with Crippen LogP contribution >= 0.6 is 11.3 Å². The Labute approximate surface area is 162 Å². The highest BCUT2D eigenvalue weighted by Gasteiger charge is 2.18. The van der Waals surface area contributed by atoms with Crippen molar-refractivity contribution in [3.05, 3.63) is 53.2 Å². The van der Waals surface area contributed by atoms with Gasteiger partial charge in [0.05, 0.1) is 11.7 Å². The molecule has 1 unspecified atom stereocenters. The number of thiazole rings is 1. The van der Waals surface area contributed by atoms with Crippen molar-refractivity contribution in [1.29, 1.82) is 0 Å². The molecule has 0 aliphatic carbocycles. The first-order valence-corrected chi connectivity index (χ1v) is 10.2. The van der Waals surface area contributed by atoms with Crippen LogP contribution in [0, 0.1) is 0 Å². The molecule has 0 spiro atoms. The molecule has 7 heteroatoms. The van der Waals surface area contributed by atoms with Crippen molar-refractivity contribution in [3.8, 4) is 11.3 Å². The average Bonchev–Trinajstić information content (AvgIpc) is 3.39. The van der Waals surface area contributed by atoms with E-state index in [4.69, 9.17) is 0 Å². The molecule has 3 aromatic rings. The molecule has 1 atom stereocenters. The van der Waals surface area contributed by atoms with Gasteiger partial charge in [-0.2, -0.15) is 5.10 Å². The number of hydrogen-bond donors (Lipinski definition) is 2. The van der Waals surface area contributed by atoms with Crippen LogP contribution in [-0.4, -0.2) is 33.8 Å². The molecule has 3 heterocycles. The van der Waals surface area contributed by atoms with Crippen LogP contribution in [0.3, 0.4) is 0 Å². The van der Waals surface area contributed by atoms with Gasteiger partial charge in [-0.25, -0.2) is 4.98 Å². The number of nitrogens with one attached hydrogen (secondary N) is 2. The van der Waals surface area contributed by atoms with Crippen molar-refractivity contribution in [2.75, 3.05) is 18.4 Å². The van der Waals surface area contributed by atoms with Gasteiger partial charge in [0.15, 0.2) is 10.8 Å². The van der Waals surface area contributed by atoms with Crippen LogP contribution in [0.1, 0.15) is 41.9 Å². The Balaban J connectivity index is 1.42. The molecule has 0 radical (unpaired) electrons. The third-order valence-corrected chi connectivity index (χ3v) is 5.63. The minimum atomic E-state index is -0.222. The van der Waals surface area contributed by atoms with Crippen LogP contribution < -0.4 is 10.6 Å². The fourth-order valence-electron chi connectivity index (χ4n) is 3.26. The smallest absolute Gasteiger partial charge is 0.277 e. The lowest BCUT2D eigenvalue weighted by Gasteiger charge is -2.22. The number of hydrogen-bond acceptors (Lipinski definition) is 5. The molecule has 140 valence electrons. The van der Waals surface area contributed by atoms with Gasteiger partial charge in [-0.05, 0) is 37.4 Å². The lowest BCUT2D eigenvalue weighted by atomic mass is 10.1. The molecule has 1 fully saturated rings. The van der Waals surface area contributed by atoms with Gasteiger partial charge in [-0.15, -0.1) is 11.3 Å². The minimum absolute atomic E-state index is 0.222. The number of carbonyl (C=O) groups excluding carboxylic acids is 1. The van der Waals surface area contributed by atoms with E-state index in [1.807, 2.05) is 16.3 Å². The largest absolute Gasteiger partial charge is 0.315 e. The van der Waals surface area contributed by atoms with E-state index < -0.39 is 0 Å². The molecule has 2 N–H and O–H groups in total. The van der Waals surface area contributed by atoms with Crippen LogP contribution in [-0.2, 0) is 6.42 Å². The highest BCUT2D eigenvalue weighted by atomic mass is 32.1. The van der Waals surface area contributed by atoms with E-state index in [1.165, 1.54) is 16.9 Å². The van der Waals surface area contributed by atoms with Gasteiger partial charge in [0.1, 0.15) is 0 Å². The maximum atomic E-state index is 12.5. The Kier molecular flexibility index (Phi) is 5.31. The zero-order chi connectivity index (χ0) is 18.6. The van der Waals surface area contributed by atoms with E-state index in [0.29, 0.717) is 16.9 Å². The fraction of sp³-hybridized carbons (Fsp3) is 0.350. The summed E-state index contributed by atoms with van der Waals surface area (Å²) in [5, 5.41) is 13.2. The monoisotopic (exact) mass is 381 g/mol. The summed E-state index contributed by atoms with van der Waals surface area (Å²) >= 11 is 1.42. The molecule has 2 aromatic heterocycles. The molecule has 0 bridgehead atoms. The standard InChI is InChI=1S/C20H23N5OS/c1-2-14-5-7-15(8-6-14)18-13-27-20(22-18)23-19(26)17-9-11-25(24-17)16-4-3-10-21-12-16/h5-9,11,13,16,21H,2-4,10,12H2,1H3,(H,22,23,26). The zero-order valence-corrected chi connectivity index (χ0v) is 16.1. The van der Waals surface area contributed by atoms with Gasteiger partial charge >= 0.3 is 0 Å². The summed E-state index contributed by atoms with van der Waals surface area (Å²) in [4.78, 5) is 17.0. The number of anilines is 1. The number of rotatable bonds is 5. The number of piperidine rings is 1. The Bertz CT molecular complexity index is 909. The Morgan fingerprint density at radius 2 is 2.19 bits per heavy atom. The third-order valence-electron chi connectivity index (χ3n) is 4.87. The van der Waals surface area contributed by atoms with Gasteiger partial charge in [0, 0.05) is 23.7 Å². The second-order valence-corrected chi connectivity index (χ2v) is 7.58. The molecule has 27 heavy (non-hydrogen) atoms. The van der Waals surface area contributed by atoms with E-state index in [9.17, 15) is 4.79 Å². The SMILES string of the molecule is CCc1ccc(-c2csc(NC(=O)c3ccn(C4CCCNC4)n3)n2)cc1. The fourth-order valence-corrected chi connectivity index (χ4v) is 3.97. The summed E-state index contributed by atoms with van der Waals surface area (Å²) in [6.07, 6.45) is 5.12. The molecular formula is C20H23N5OS. The summed E-state index contributed by atoms with van der Waals surface area (Å²) < 4.78 is 1.89. The highest BCUT2D eigenvalue weighted by Crippen LogP contribution is 2.25. The van der Waals surface area contributed by atoms with Crippen molar-refractivity contribution in [3.63, 3.8) is 0 Å². The lowest BCUT2D eigenvalue weighted by molar-refractivity contribution is 0.102. The van der Waals surface area contributed by atoms with Gasteiger partial charge in [0.25, 0.3) is 5.91 Å². The lowest BCUT2D eigenvalue weighted by Crippen LogP contribution is -2.32. The maximum absolute atomic E-state index is 12.5. The highest BCUT2D eigenvalue weighted by molar-refractivity contribution is 7.14. The minimum Gasteiger partial charge on any atom is -0.315 e. The summed E-state index contributed by atoms with van der Waals surface area (Å²) in [6.45, 7) is 4.09. The molecule has 4 rings (SSSR count). The number of aryl methyl sites for hydroxylation is 1. The number of carbonyl (C=O) groups is 1. The first-order valence-electron chi connectivity index (χ1n) is 9.35. The van der Waals surface area contributed by atoms with Crippen LogP contribution in [0.5, 0.6) is 0 Å². The van der Waals surface area contributed by atoms with E-state index in [2.05, 4.69) is 51.9 Å². The second kappa shape index (κ2) is 8.02. The normalized spacial score (nSPS) is 17.0. The van der Waals surface area contributed by atoms with Crippen LogP contribution in [0.4, 0.5) is 5.13 Å². The van der Waals surface area contributed by atoms with Crippen LogP contribution in [0.2, 0.25) is 0 Å². The topological polar surface area (TPSA) is 71.8 Å². The Morgan fingerprint density at radius 1 is 1.33 bits per heavy atom. The summed E-state index contributed by atoms with van der Waals surface area (Å²) in [7, 11) is 0. The summed E-state index contributed by atoms with van der Waals surface area (Å²) in [5.74, 6) is -0.222. The predicted octanol–water partition coefficient (Wildman–Crippen LogP) is 3.75. The first kappa shape index (κ1) is 17.9. The molecule has 0 saturated carbocycles. The van der Waals surface area contributed by atoms with Crippen molar-refractivity contribution >= 4 is 22.4 Å². The zero-order valence-electron chi connectivity index (χ0n) is 15.3. The maximum Gasteiger partial charge on any atom is 0.277 e. The van der Waals surface area contributed by atoms with Crippen LogP contribution in [0.25, 0.3) is 11.3 Å². The molecule has 1 aliphatic rings. The Morgan fingerprint density at radius 3 is 2.93 bits per heavy atom. The third kappa shape index (κ3) is 4.09. The molecule has 1 amide bonds. The van der Waals surface area contributed by atoms with Gasteiger partial charge in [0.2, 0.25) is 0 Å². The molecular weight excluding hydrogens is 358 g/mol. The molecule has 1 aromatic carbocycles. The number of nitrogens with zero attached hydrogens (tertiary/aromatic N) is 3. The number of amides is 1. The van der Waals surface area contributed by atoms with Gasteiger partial charge < -0.3 is 5.32 Å². The molecule has 1 aliphatic heterocycles. The van der Waals surface area contributed by atoms with Crippen LogP contribution in [0.15, 0.2) is 41.9 Å². The second-order valence-electron chi connectivity index (χ2n) is 6.72. The number of benzene rings is 1. The van der Waals surface area contributed by atoms with Crippen molar-refractivity contribution in [2.45, 2.75) is 32.2 Å². The molecule has 1 saturated heterocycles. The van der Waals surface area contributed by atoms with Crippen molar-refractivity contribution < 1.29 is 4.79 Å².